The Balaban J connectivity index is 1.15. The second-order valence-electron chi connectivity index (χ2n) is 12.1. The Morgan fingerprint density at radius 1 is 1.15 bits per heavy atom. The van der Waals surface area contributed by atoms with Gasteiger partial charge in [0.15, 0.2) is 6.23 Å². The maximum Gasteiger partial charge on any atom is 0.407 e. The number of benzene rings is 1. The highest BCUT2D eigenvalue weighted by atomic mass is 16.5. The molecule has 5 heterocycles. The minimum atomic E-state index is -0.846. The highest BCUT2D eigenvalue weighted by Crippen LogP contribution is 2.31. The van der Waals surface area contributed by atoms with Crippen molar-refractivity contribution in [2.75, 3.05) is 31.6 Å². The predicted molar refractivity (Wildman–Crippen MR) is 157 cm³/mol. The van der Waals surface area contributed by atoms with E-state index in [1.807, 2.05) is 35.1 Å². The van der Waals surface area contributed by atoms with E-state index < -0.39 is 6.09 Å². The maximum atomic E-state index is 11.8. The summed E-state index contributed by atoms with van der Waals surface area (Å²) < 4.78 is 7.95. The van der Waals surface area contributed by atoms with Gasteiger partial charge >= 0.3 is 6.09 Å². The van der Waals surface area contributed by atoms with Crippen molar-refractivity contribution in [2.24, 2.45) is 5.41 Å². The van der Waals surface area contributed by atoms with Crippen LogP contribution in [-0.2, 0) is 11.3 Å². The number of piperazine rings is 1. The van der Waals surface area contributed by atoms with Gasteiger partial charge in [0.25, 0.3) is 0 Å². The molecule has 6 rings (SSSR count). The number of amides is 1. The zero-order valence-electron chi connectivity index (χ0n) is 23.9. The number of aromatic nitrogens is 5. The number of H-pyrrole nitrogens is 1. The summed E-state index contributed by atoms with van der Waals surface area (Å²) in [4.78, 5) is 28.3. The summed E-state index contributed by atoms with van der Waals surface area (Å²) in [6.07, 6.45) is 5.96. The third-order valence-corrected chi connectivity index (χ3v) is 8.06. The summed E-state index contributed by atoms with van der Waals surface area (Å²) in [7, 11) is 0. The number of hydrogen-bond donors (Lipinski definition) is 3. The summed E-state index contributed by atoms with van der Waals surface area (Å²) in [6, 6.07) is 12.2. The number of aromatic amines is 1. The average Bonchev–Trinajstić information content (AvgIpc) is 3.60. The van der Waals surface area contributed by atoms with Gasteiger partial charge in [0.2, 0.25) is 5.95 Å². The molecule has 2 saturated heterocycles. The van der Waals surface area contributed by atoms with Crippen molar-refractivity contribution in [3.05, 3.63) is 54.4 Å². The third-order valence-electron chi connectivity index (χ3n) is 8.06. The van der Waals surface area contributed by atoms with Gasteiger partial charge in [0.1, 0.15) is 5.82 Å². The smallest absolute Gasteiger partial charge is 0.407 e. The number of imidazole rings is 1. The van der Waals surface area contributed by atoms with Crippen molar-refractivity contribution in [3.8, 4) is 11.3 Å². The molecule has 4 aromatic rings. The minimum absolute atomic E-state index is 0.0258. The Labute approximate surface area is 239 Å². The molecule has 0 aliphatic carbocycles. The van der Waals surface area contributed by atoms with Crippen LogP contribution in [0.3, 0.4) is 0 Å². The molecule has 1 aromatic carbocycles. The Morgan fingerprint density at radius 3 is 2.80 bits per heavy atom. The van der Waals surface area contributed by atoms with E-state index in [2.05, 4.69) is 58.2 Å². The summed E-state index contributed by atoms with van der Waals surface area (Å²) >= 11 is 0. The van der Waals surface area contributed by atoms with Crippen LogP contribution in [0, 0.1) is 5.41 Å². The number of nitrogens with one attached hydrogen (secondary N) is 2. The molecule has 2 fully saturated rings. The molecule has 41 heavy (non-hydrogen) atoms. The van der Waals surface area contributed by atoms with Gasteiger partial charge in [-0.15, -0.1) is 0 Å². The van der Waals surface area contributed by atoms with Crippen molar-refractivity contribution >= 4 is 28.9 Å². The molecule has 2 atom stereocenters. The van der Waals surface area contributed by atoms with Crippen LogP contribution in [0.2, 0.25) is 0 Å². The fourth-order valence-corrected chi connectivity index (χ4v) is 5.89. The lowest BCUT2D eigenvalue weighted by Crippen LogP contribution is -2.59. The van der Waals surface area contributed by atoms with Gasteiger partial charge in [-0.25, -0.2) is 19.4 Å². The lowest BCUT2D eigenvalue weighted by Gasteiger charge is -2.46. The molecule has 216 valence electrons. The molecule has 2 aliphatic rings. The van der Waals surface area contributed by atoms with Crippen LogP contribution >= 0.6 is 0 Å². The van der Waals surface area contributed by atoms with E-state index in [4.69, 9.17) is 9.72 Å². The average molecular weight is 559 g/mol. The van der Waals surface area contributed by atoms with E-state index in [0.29, 0.717) is 31.4 Å². The second-order valence-corrected chi connectivity index (χ2v) is 12.1. The van der Waals surface area contributed by atoms with Crippen molar-refractivity contribution in [1.82, 2.24) is 34.5 Å². The summed E-state index contributed by atoms with van der Waals surface area (Å²) in [5.41, 5.74) is 4.81. The van der Waals surface area contributed by atoms with Gasteiger partial charge in [-0.1, -0.05) is 26.8 Å². The molecule has 11 nitrogen and oxygen atoms in total. The van der Waals surface area contributed by atoms with Crippen LogP contribution in [0.4, 0.5) is 16.6 Å². The molecule has 3 aromatic heterocycles. The van der Waals surface area contributed by atoms with Gasteiger partial charge in [-0.2, -0.15) is 5.10 Å². The summed E-state index contributed by atoms with van der Waals surface area (Å²) in [5.74, 6) is 1.32. The van der Waals surface area contributed by atoms with E-state index in [1.165, 1.54) is 0 Å². The Hall–Kier alpha value is -3.96. The van der Waals surface area contributed by atoms with E-state index in [0.717, 1.165) is 60.3 Å². The Kier molecular flexibility index (Phi) is 7.39. The van der Waals surface area contributed by atoms with Crippen LogP contribution < -0.4 is 5.32 Å². The normalized spacial score (nSPS) is 20.4. The van der Waals surface area contributed by atoms with Crippen LogP contribution in [-0.4, -0.2) is 78.0 Å². The molecule has 1 amide bonds. The number of nitrogens with zero attached hydrogens (tertiary/aromatic N) is 6. The number of carboxylic acid groups (broad SMARTS) is 1. The van der Waals surface area contributed by atoms with Crippen LogP contribution in [0.5, 0.6) is 0 Å². The first kappa shape index (κ1) is 27.2. The molecule has 2 unspecified atom stereocenters. The van der Waals surface area contributed by atoms with Crippen molar-refractivity contribution < 1.29 is 14.6 Å². The topological polar surface area (TPSA) is 124 Å². The maximum absolute atomic E-state index is 11.8. The van der Waals surface area contributed by atoms with Gasteiger partial charge < -0.3 is 25.0 Å². The Morgan fingerprint density at radius 2 is 2.02 bits per heavy atom. The lowest BCUT2D eigenvalue weighted by molar-refractivity contribution is -0.0383. The van der Waals surface area contributed by atoms with Crippen LogP contribution in [0.25, 0.3) is 22.3 Å². The minimum Gasteiger partial charge on any atom is -0.465 e. The fourth-order valence-electron chi connectivity index (χ4n) is 5.89. The first-order chi connectivity index (χ1) is 19.7. The summed E-state index contributed by atoms with van der Waals surface area (Å²) in [5, 5.41) is 17.6. The van der Waals surface area contributed by atoms with Crippen molar-refractivity contribution in [2.45, 2.75) is 58.8 Å². The molecule has 2 aliphatic heterocycles. The number of fused-ring (bicyclic) bond motifs is 1. The molecule has 0 bridgehead atoms. The standard InChI is InChI=1S/C30H38N8O3/c1-30(2,3)25-19-36(13-14-37(25)29(39)40)18-20-9-11-31-26(16-20)35-28-33-22-8-7-21(17-23(22)34-28)24-10-12-32-38(24)27-6-4-5-15-41-27/h7-12,16-17,25,27H,4-6,13-15,18-19H2,1-3H3,(H,39,40)(H2,31,33,34,35). The van der Waals surface area contributed by atoms with Crippen molar-refractivity contribution in [1.29, 1.82) is 0 Å². The zero-order chi connectivity index (χ0) is 28.6. The van der Waals surface area contributed by atoms with Crippen LogP contribution in [0.15, 0.2) is 48.8 Å². The predicted octanol–water partition coefficient (Wildman–Crippen LogP) is 5.47. The summed E-state index contributed by atoms with van der Waals surface area (Å²) in [6.45, 7) is 9.68. The third kappa shape index (κ3) is 5.91. The highest BCUT2D eigenvalue weighted by molar-refractivity contribution is 5.83. The van der Waals surface area contributed by atoms with Gasteiger partial charge in [-0.05, 0) is 60.6 Å². The SMILES string of the molecule is CC(C)(C)C1CN(Cc2ccnc(Nc3nc4ccc(-c5ccnn5C5CCCCO5)cc4[nH]3)c2)CCN1C(=O)O. The number of hydrogen-bond acceptors (Lipinski definition) is 7. The number of carbonyl (C=O) groups is 1. The van der Waals surface area contributed by atoms with Gasteiger partial charge in [0, 0.05) is 50.7 Å². The van der Waals surface area contributed by atoms with Crippen molar-refractivity contribution in [3.63, 3.8) is 0 Å². The number of anilines is 2. The van der Waals surface area contributed by atoms with E-state index >= 15 is 0 Å². The number of ether oxygens (including phenoxy) is 1. The first-order valence-corrected chi connectivity index (χ1v) is 14.3. The van der Waals surface area contributed by atoms with Gasteiger partial charge in [-0.3, -0.25) is 4.90 Å². The molecule has 3 N–H and O–H groups in total. The molecule has 11 heteroatoms. The Bertz CT molecular complexity index is 1520. The highest BCUT2D eigenvalue weighted by Gasteiger charge is 2.37. The molecule has 0 spiro atoms. The van der Waals surface area contributed by atoms with Crippen LogP contribution in [0.1, 0.15) is 51.8 Å². The van der Waals surface area contributed by atoms with Gasteiger partial charge in [0.05, 0.1) is 22.8 Å². The van der Waals surface area contributed by atoms with E-state index in [1.54, 1.807) is 11.1 Å². The first-order valence-electron chi connectivity index (χ1n) is 14.3. The second kappa shape index (κ2) is 11.1. The number of rotatable bonds is 6. The number of pyridine rings is 1. The molecular formula is C30H38N8O3. The quantitative estimate of drug-likeness (QED) is 0.284. The molecular weight excluding hydrogens is 520 g/mol. The molecule has 0 radical (unpaired) electrons. The van der Waals surface area contributed by atoms with E-state index in [-0.39, 0.29) is 17.7 Å². The zero-order valence-corrected chi connectivity index (χ0v) is 23.9. The lowest BCUT2D eigenvalue weighted by atomic mass is 9.84. The fraction of sp³-hybridized carbons (Fsp3) is 0.467. The largest absolute Gasteiger partial charge is 0.465 e. The monoisotopic (exact) mass is 558 g/mol. The van der Waals surface area contributed by atoms with E-state index in [9.17, 15) is 9.90 Å². The molecule has 0 saturated carbocycles.